The number of methoxy groups -OCH3 is 1. The molecule has 0 aromatic rings. The summed E-state index contributed by atoms with van der Waals surface area (Å²) in [5, 5.41) is 0. The van der Waals surface area contributed by atoms with Gasteiger partial charge in [0, 0.05) is 0 Å². The van der Waals surface area contributed by atoms with Crippen molar-refractivity contribution in [1.29, 1.82) is 0 Å². The number of fused-ring (bicyclic) bond motifs is 1. The van der Waals surface area contributed by atoms with Crippen LogP contribution < -0.4 is 0 Å². The topological polar surface area (TPSA) is 118 Å². The fourth-order valence-corrected chi connectivity index (χ4v) is 4.09. The average Bonchev–Trinajstić information content (AvgIpc) is 3.30. The minimum atomic E-state index is 0.340. The van der Waals surface area contributed by atoms with E-state index >= 15 is 0 Å². The van der Waals surface area contributed by atoms with Crippen molar-refractivity contribution >= 4 is 4.08 Å². The zero-order valence-corrected chi connectivity index (χ0v) is 17.7. The first-order valence-electron chi connectivity index (χ1n) is 7.48. The molecule has 1 fully saturated rings. The molecule has 0 radical (unpaired) electrons. The van der Waals surface area contributed by atoms with Crippen LogP contribution in [0.2, 0.25) is 0 Å². The second-order valence-corrected chi connectivity index (χ2v) is 6.31. The number of hydrogen-bond donors (Lipinski definition) is 0. The number of rotatable bonds is 3. The van der Waals surface area contributed by atoms with Crippen LogP contribution in [0, 0.1) is 39.2 Å². The van der Waals surface area contributed by atoms with Gasteiger partial charge in [-0.1, -0.05) is 0 Å². The van der Waals surface area contributed by atoms with Crippen molar-refractivity contribution in [2.75, 3.05) is 13.7 Å². The van der Waals surface area contributed by atoms with Crippen molar-refractivity contribution in [3.8, 4) is 0 Å². The van der Waals surface area contributed by atoms with Gasteiger partial charge >= 0.3 is 170 Å². The molecule has 1 heterocycles. The second-order valence-electron chi connectivity index (χ2n) is 4.98. The summed E-state index contributed by atoms with van der Waals surface area (Å²) in [6.07, 6.45) is 9.11. The maximum absolute atomic E-state index is 7.50. The van der Waals surface area contributed by atoms with Crippen molar-refractivity contribution < 1.29 is 52.1 Å². The summed E-state index contributed by atoms with van der Waals surface area (Å²) in [4.78, 5) is 0. The summed E-state index contributed by atoms with van der Waals surface area (Å²) in [6.45, 7) is 23.4. The molecule has 8 heteroatoms. The SMILES string of the molecule is CO[C](=[W])C1=C(C2=CCCC2)C2CCCOC12.[C-]#[O+].[C-]#[O+].[C-]#[O+].[C-]#[O+].[C-]#[O+]. The molecule has 1 saturated heterocycles. The third-order valence-corrected chi connectivity index (χ3v) is 5.45. The molecule has 2 atom stereocenters. The van der Waals surface area contributed by atoms with Gasteiger partial charge in [-0.25, -0.2) is 0 Å². The van der Waals surface area contributed by atoms with Crippen LogP contribution in [-0.4, -0.2) is 23.9 Å². The number of hydrogen-bond acceptors (Lipinski definition) is 2. The van der Waals surface area contributed by atoms with Crippen molar-refractivity contribution in [3.05, 3.63) is 56.0 Å². The Labute approximate surface area is 170 Å². The zero-order valence-electron chi connectivity index (χ0n) is 14.7. The van der Waals surface area contributed by atoms with E-state index in [1.165, 1.54) is 57.0 Å². The Morgan fingerprint density at radius 2 is 1.59 bits per heavy atom. The summed E-state index contributed by atoms with van der Waals surface area (Å²) in [5.74, 6) is 0.660. The van der Waals surface area contributed by atoms with Crippen molar-refractivity contribution in [3.63, 3.8) is 0 Å². The van der Waals surface area contributed by atoms with E-state index in [1.54, 1.807) is 18.3 Å². The first-order valence-corrected chi connectivity index (χ1v) is 8.95. The van der Waals surface area contributed by atoms with Crippen LogP contribution in [0.25, 0.3) is 0 Å². The van der Waals surface area contributed by atoms with Gasteiger partial charge in [0.25, 0.3) is 0 Å². The first kappa shape index (κ1) is 30.4. The van der Waals surface area contributed by atoms with Gasteiger partial charge in [-0.05, 0) is 0 Å². The van der Waals surface area contributed by atoms with Crippen LogP contribution in [0.3, 0.4) is 0 Å². The Bertz CT molecular complexity index is 573. The molecule has 7 nitrogen and oxygen atoms in total. The molecule has 27 heavy (non-hydrogen) atoms. The van der Waals surface area contributed by atoms with Crippen molar-refractivity contribution in [2.24, 2.45) is 5.92 Å². The van der Waals surface area contributed by atoms with Crippen LogP contribution in [0.15, 0.2) is 22.8 Å². The van der Waals surface area contributed by atoms with E-state index in [-0.39, 0.29) is 0 Å². The zero-order chi connectivity index (χ0) is 21.8. The van der Waals surface area contributed by atoms with Gasteiger partial charge in [0.2, 0.25) is 0 Å². The normalized spacial score (nSPS) is 20.5. The Kier molecular flexibility index (Phi) is 23.6. The molecular weight excluding hydrogens is 524 g/mol. The van der Waals surface area contributed by atoms with E-state index in [9.17, 15) is 0 Å². The molecule has 0 N–H and O–H groups in total. The molecule has 2 unspecified atom stereocenters. The molecule has 3 rings (SSSR count). The van der Waals surface area contributed by atoms with Gasteiger partial charge in [0.15, 0.2) is 0 Å². The Morgan fingerprint density at radius 3 is 2.04 bits per heavy atom. The van der Waals surface area contributed by atoms with Gasteiger partial charge in [-0.2, -0.15) is 0 Å². The third kappa shape index (κ3) is 8.47. The third-order valence-electron chi connectivity index (χ3n) is 4.06. The monoisotopic (exact) mass is 542 g/mol. The van der Waals surface area contributed by atoms with Crippen molar-refractivity contribution in [1.82, 2.24) is 0 Å². The van der Waals surface area contributed by atoms with Crippen molar-refractivity contribution in [2.45, 2.75) is 38.2 Å². The number of allylic oxidation sites excluding steroid dienone is 2. The summed E-state index contributed by atoms with van der Waals surface area (Å²) < 4.78 is 50.0. The molecule has 0 aromatic heterocycles. The second kappa shape index (κ2) is 21.0. The van der Waals surface area contributed by atoms with Gasteiger partial charge in [0.05, 0.1) is 0 Å². The molecule has 0 saturated carbocycles. The quantitative estimate of drug-likeness (QED) is 0.402. The maximum atomic E-state index is 7.50. The van der Waals surface area contributed by atoms with Gasteiger partial charge in [-0.3, -0.25) is 0 Å². The molecular formula is C19H18O7W. The van der Waals surface area contributed by atoms with Crippen LogP contribution in [0.4, 0.5) is 0 Å². The summed E-state index contributed by atoms with van der Waals surface area (Å²) >= 11 is 1.42. The predicted molar refractivity (Wildman–Crippen MR) is 83.1 cm³/mol. The van der Waals surface area contributed by atoms with E-state index in [1.807, 2.05) is 0 Å². The van der Waals surface area contributed by atoms with E-state index < -0.39 is 0 Å². The molecule has 1 aliphatic heterocycles. The summed E-state index contributed by atoms with van der Waals surface area (Å²) in [5.41, 5.74) is 4.56. The van der Waals surface area contributed by atoms with Crippen LogP contribution in [0.5, 0.6) is 0 Å². The average molecular weight is 542 g/mol. The Hall–Kier alpha value is -1.34. The van der Waals surface area contributed by atoms with Crippen LogP contribution >= 0.6 is 0 Å². The van der Waals surface area contributed by atoms with Crippen LogP contribution in [0.1, 0.15) is 32.1 Å². The summed E-state index contributed by atoms with van der Waals surface area (Å²) in [6, 6.07) is 0. The Balaban J connectivity index is -0.000000504. The summed E-state index contributed by atoms with van der Waals surface area (Å²) in [7, 11) is 1.78. The van der Waals surface area contributed by atoms with Gasteiger partial charge < -0.3 is 0 Å². The van der Waals surface area contributed by atoms with E-state index in [0.29, 0.717) is 12.0 Å². The minimum absolute atomic E-state index is 0.340. The first-order chi connectivity index (χ1) is 13.3. The van der Waals surface area contributed by atoms with E-state index in [2.05, 4.69) is 39.3 Å². The van der Waals surface area contributed by atoms with E-state index in [0.717, 1.165) is 10.7 Å². The predicted octanol–water partition coefficient (Wildman–Crippen LogP) is 2.34. The Morgan fingerprint density at radius 1 is 1.04 bits per heavy atom. The molecule has 2 aliphatic carbocycles. The number of ether oxygens (including phenoxy) is 2. The fraction of sp³-hybridized carbons (Fsp3) is 0.474. The van der Waals surface area contributed by atoms with Gasteiger partial charge in [0.1, 0.15) is 0 Å². The molecule has 0 aromatic carbocycles. The van der Waals surface area contributed by atoms with Crippen LogP contribution in [-0.2, 0) is 52.1 Å². The molecule has 142 valence electrons. The molecule has 3 aliphatic rings. The molecule has 0 bridgehead atoms. The standard InChI is InChI=1S/C14H18O2.5CO.W/c1-15-9-12-13(10-5-2-3-6-10)11-7-4-8-16-14(11)12;5*1-2;/h5,11,14H,2-4,6-8H2,1H3;;;;;;. The van der Waals surface area contributed by atoms with Gasteiger partial charge in [-0.15, -0.1) is 0 Å². The fourth-order valence-electron chi connectivity index (χ4n) is 3.28. The molecule has 0 amide bonds. The molecule has 0 spiro atoms. The van der Waals surface area contributed by atoms with E-state index in [4.69, 9.17) is 32.7 Å².